The van der Waals surface area contributed by atoms with Crippen LogP contribution in [0.1, 0.15) is 33.9 Å². The number of ether oxygens (including phenoxy) is 1. The summed E-state index contributed by atoms with van der Waals surface area (Å²) in [5.41, 5.74) is 3.74. The Balaban J connectivity index is 1.38. The largest absolute Gasteiger partial charge is 0.489 e. The topological polar surface area (TPSA) is 34.5 Å². The van der Waals surface area contributed by atoms with Gasteiger partial charge in [0.05, 0.1) is 11.3 Å². The van der Waals surface area contributed by atoms with Crippen LogP contribution in [0.5, 0.6) is 5.75 Å². The smallest absolute Gasteiger partial charge is 0.416 e. The molecule has 182 valence electrons. The fraction of sp³-hybridized carbons (Fsp3) is 0.143. The van der Waals surface area contributed by atoms with Gasteiger partial charge in [-0.15, -0.1) is 11.8 Å². The molecule has 1 atom stereocenters. The third kappa shape index (κ3) is 5.74. The first kappa shape index (κ1) is 24.4. The summed E-state index contributed by atoms with van der Waals surface area (Å²) in [7, 11) is 0. The molecule has 1 unspecified atom stereocenters. The van der Waals surface area contributed by atoms with E-state index in [4.69, 9.17) is 21.3 Å². The Morgan fingerprint density at radius 1 is 0.917 bits per heavy atom. The number of hydrogen-bond donors (Lipinski definition) is 0. The van der Waals surface area contributed by atoms with Crippen molar-refractivity contribution in [1.29, 1.82) is 0 Å². The van der Waals surface area contributed by atoms with Gasteiger partial charge in [-0.2, -0.15) is 13.2 Å². The molecular formula is C28H20ClF3N2OS. The first-order valence-corrected chi connectivity index (χ1v) is 12.4. The molecule has 36 heavy (non-hydrogen) atoms. The van der Waals surface area contributed by atoms with Crippen molar-refractivity contribution in [3.63, 3.8) is 0 Å². The van der Waals surface area contributed by atoms with Crippen LogP contribution in [-0.2, 0) is 12.8 Å². The minimum atomic E-state index is -4.36. The third-order valence-corrected chi connectivity index (χ3v) is 7.31. The zero-order chi connectivity index (χ0) is 25.1. The number of thioether (sulfide) groups is 1. The molecule has 8 heteroatoms. The lowest BCUT2D eigenvalue weighted by Crippen LogP contribution is -2.07. The summed E-state index contributed by atoms with van der Waals surface area (Å²) in [5.74, 6) is 0.706. The second-order valence-electron chi connectivity index (χ2n) is 8.26. The van der Waals surface area contributed by atoms with Crippen molar-refractivity contribution in [2.45, 2.75) is 29.3 Å². The lowest BCUT2D eigenvalue weighted by Gasteiger charge is -2.17. The van der Waals surface area contributed by atoms with E-state index in [0.717, 1.165) is 45.1 Å². The number of hydrogen-bond acceptors (Lipinski definition) is 4. The van der Waals surface area contributed by atoms with E-state index in [1.165, 1.54) is 0 Å². The number of pyridine rings is 1. The van der Waals surface area contributed by atoms with Crippen LogP contribution in [0.2, 0.25) is 5.15 Å². The number of halogens is 4. The minimum absolute atomic E-state index is 0.0805. The van der Waals surface area contributed by atoms with Crippen LogP contribution in [0.4, 0.5) is 18.9 Å². The first-order valence-electron chi connectivity index (χ1n) is 11.2. The summed E-state index contributed by atoms with van der Waals surface area (Å²) < 4.78 is 45.1. The highest BCUT2D eigenvalue weighted by Gasteiger charge is 2.31. The second-order valence-corrected chi connectivity index (χ2v) is 9.89. The molecule has 1 aromatic heterocycles. The van der Waals surface area contributed by atoms with Gasteiger partial charge in [-0.05, 0) is 65.7 Å². The van der Waals surface area contributed by atoms with Gasteiger partial charge in [0.1, 0.15) is 17.5 Å². The summed E-state index contributed by atoms with van der Waals surface area (Å²) in [6, 6.07) is 24.5. The number of aliphatic imine (C=N–C) groups is 1. The molecule has 3 nitrogen and oxygen atoms in total. The van der Waals surface area contributed by atoms with Crippen LogP contribution >= 0.6 is 23.4 Å². The van der Waals surface area contributed by atoms with Crippen LogP contribution in [-0.4, -0.2) is 10.7 Å². The number of rotatable bonds is 5. The molecule has 1 aliphatic heterocycles. The molecule has 0 aliphatic carbocycles. The van der Waals surface area contributed by atoms with Crippen LogP contribution in [0.15, 0.2) is 101 Å². The maximum atomic E-state index is 13.1. The SMILES string of the molecule is FC(F)(F)c1ccc(C2CC(c3ccc(OCc4ccc(Cl)nc4)cc3)=Nc3ccccc3S2)cc1. The van der Waals surface area contributed by atoms with Crippen molar-refractivity contribution in [1.82, 2.24) is 4.98 Å². The Morgan fingerprint density at radius 3 is 2.36 bits per heavy atom. The van der Waals surface area contributed by atoms with Gasteiger partial charge in [-0.3, -0.25) is 4.99 Å². The molecule has 0 bridgehead atoms. The quantitative estimate of drug-likeness (QED) is 0.245. The molecule has 0 saturated heterocycles. The highest BCUT2D eigenvalue weighted by molar-refractivity contribution is 7.99. The van der Waals surface area contributed by atoms with Gasteiger partial charge in [0.15, 0.2) is 0 Å². The number of benzene rings is 3. The van der Waals surface area contributed by atoms with Gasteiger partial charge in [0, 0.05) is 34.0 Å². The predicted octanol–water partition coefficient (Wildman–Crippen LogP) is 8.69. The maximum Gasteiger partial charge on any atom is 0.416 e. The fourth-order valence-corrected chi connectivity index (χ4v) is 5.21. The summed E-state index contributed by atoms with van der Waals surface area (Å²) in [6.45, 7) is 0.366. The van der Waals surface area contributed by atoms with E-state index in [0.29, 0.717) is 23.9 Å². The van der Waals surface area contributed by atoms with Crippen LogP contribution in [0.3, 0.4) is 0 Å². The summed E-state index contributed by atoms with van der Waals surface area (Å²) >= 11 is 7.44. The van der Waals surface area contributed by atoms with Crippen LogP contribution < -0.4 is 4.74 Å². The molecule has 0 N–H and O–H groups in total. The second kappa shape index (κ2) is 10.4. The zero-order valence-corrected chi connectivity index (χ0v) is 20.4. The minimum Gasteiger partial charge on any atom is -0.489 e. The average molecular weight is 525 g/mol. The van der Waals surface area contributed by atoms with Crippen LogP contribution in [0.25, 0.3) is 0 Å². The van der Waals surface area contributed by atoms with Gasteiger partial charge >= 0.3 is 6.18 Å². The van der Waals surface area contributed by atoms with Crippen molar-refractivity contribution in [2.24, 2.45) is 4.99 Å². The van der Waals surface area contributed by atoms with Gasteiger partial charge in [0.25, 0.3) is 0 Å². The van der Waals surface area contributed by atoms with E-state index >= 15 is 0 Å². The van der Waals surface area contributed by atoms with Gasteiger partial charge in [-0.1, -0.05) is 41.9 Å². The van der Waals surface area contributed by atoms with E-state index in [1.54, 1.807) is 36.2 Å². The Kier molecular flexibility index (Phi) is 7.03. The summed E-state index contributed by atoms with van der Waals surface area (Å²) in [4.78, 5) is 9.98. The Morgan fingerprint density at radius 2 is 1.67 bits per heavy atom. The lowest BCUT2D eigenvalue weighted by molar-refractivity contribution is -0.137. The van der Waals surface area contributed by atoms with Gasteiger partial charge in [-0.25, -0.2) is 4.98 Å². The molecule has 0 saturated carbocycles. The molecule has 3 aromatic carbocycles. The Hall–Kier alpha value is -3.29. The first-order chi connectivity index (χ1) is 17.3. The maximum absolute atomic E-state index is 13.1. The number of alkyl halides is 3. The lowest BCUT2D eigenvalue weighted by atomic mass is 10.00. The van der Waals surface area contributed by atoms with Crippen molar-refractivity contribution >= 4 is 34.8 Å². The molecule has 4 aromatic rings. The van der Waals surface area contributed by atoms with E-state index in [-0.39, 0.29) is 5.25 Å². The highest BCUT2D eigenvalue weighted by Crippen LogP contribution is 2.46. The molecule has 0 spiro atoms. The third-order valence-electron chi connectivity index (χ3n) is 5.76. The van der Waals surface area contributed by atoms with Crippen molar-refractivity contribution in [2.75, 3.05) is 0 Å². The number of aromatic nitrogens is 1. The Labute approximate surface area is 216 Å². The summed E-state index contributed by atoms with van der Waals surface area (Å²) in [5, 5.41) is 0.352. The molecule has 1 aliphatic rings. The Bertz CT molecular complexity index is 1370. The van der Waals surface area contributed by atoms with E-state index in [1.807, 2.05) is 54.6 Å². The standard InChI is InChI=1S/C28H20ClF3N2OS/c29-27-14-5-18(16-33-27)17-35-22-12-8-19(9-13-22)24-15-26(36-25-4-2-1-3-23(25)34-24)20-6-10-21(11-7-20)28(30,31)32/h1-14,16,26H,15,17H2. The molecule has 5 rings (SSSR count). The van der Waals surface area contributed by atoms with E-state index in [9.17, 15) is 13.2 Å². The number of para-hydroxylation sites is 1. The van der Waals surface area contributed by atoms with E-state index < -0.39 is 11.7 Å². The molecule has 2 heterocycles. The molecular weight excluding hydrogens is 505 g/mol. The monoisotopic (exact) mass is 524 g/mol. The number of fused-ring (bicyclic) bond motifs is 1. The van der Waals surface area contributed by atoms with Gasteiger partial charge < -0.3 is 4.74 Å². The molecule has 0 radical (unpaired) electrons. The van der Waals surface area contributed by atoms with Crippen molar-refractivity contribution < 1.29 is 17.9 Å². The fourth-order valence-electron chi connectivity index (χ4n) is 3.87. The molecule has 0 fully saturated rings. The average Bonchev–Trinajstić information content (AvgIpc) is 3.08. The number of nitrogens with zero attached hydrogens (tertiary/aromatic N) is 2. The normalized spacial score (nSPS) is 15.6. The molecule has 0 amide bonds. The van der Waals surface area contributed by atoms with E-state index in [2.05, 4.69) is 4.98 Å². The van der Waals surface area contributed by atoms with Crippen LogP contribution in [0, 0.1) is 0 Å². The van der Waals surface area contributed by atoms with Crippen molar-refractivity contribution in [3.05, 3.63) is 119 Å². The zero-order valence-electron chi connectivity index (χ0n) is 18.9. The van der Waals surface area contributed by atoms with Crippen molar-refractivity contribution in [3.8, 4) is 5.75 Å². The highest BCUT2D eigenvalue weighted by atomic mass is 35.5. The summed E-state index contributed by atoms with van der Waals surface area (Å²) in [6.07, 6.45) is -2.11. The predicted molar refractivity (Wildman–Crippen MR) is 137 cm³/mol. The van der Waals surface area contributed by atoms with Gasteiger partial charge in [0.2, 0.25) is 0 Å².